The Hall–Kier alpha value is -2.36. The molecule has 0 radical (unpaired) electrons. The lowest BCUT2D eigenvalue weighted by atomic mass is 9.95. The van der Waals surface area contributed by atoms with Gasteiger partial charge in [-0.1, -0.05) is 31.4 Å². The van der Waals surface area contributed by atoms with E-state index in [0.29, 0.717) is 17.4 Å². The number of aromatic nitrogens is 1. The largest absolute Gasteiger partial charge is 0.349 e. The summed E-state index contributed by atoms with van der Waals surface area (Å²) in [6.45, 7) is 2.04. The number of amides is 1. The second-order valence-electron chi connectivity index (χ2n) is 6.20. The molecule has 4 nitrogen and oxygen atoms in total. The van der Waals surface area contributed by atoms with Gasteiger partial charge in [0.05, 0.1) is 5.56 Å². The van der Waals surface area contributed by atoms with Crippen LogP contribution in [0.15, 0.2) is 42.6 Å². The zero-order valence-electron chi connectivity index (χ0n) is 13.5. The van der Waals surface area contributed by atoms with Crippen LogP contribution in [-0.4, -0.2) is 16.9 Å². The van der Waals surface area contributed by atoms with Crippen molar-refractivity contribution in [1.82, 2.24) is 10.3 Å². The molecule has 120 valence electrons. The Morgan fingerprint density at radius 2 is 1.96 bits per heavy atom. The molecule has 2 N–H and O–H groups in total. The summed E-state index contributed by atoms with van der Waals surface area (Å²) < 4.78 is 0. The number of hydrogen-bond acceptors (Lipinski definition) is 3. The summed E-state index contributed by atoms with van der Waals surface area (Å²) in [5, 5.41) is 6.41. The number of carbonyl (C=O) groups is 1. The number of nitrogens with zero attached hydrogens (tertiary/aromatic N) is 1. The number of aryl methyl sites for hydroxylation is 1. The quantitative estimate of drug-likeness (QED) is 0.890. The van der Waals surface area contributed by atoms with Crippen LogP contribution in [0, 0.1) is 6.92 Å². The van der Waals surface area contributed by atoms with Crippen LogP contribution in [0.25, 0.3) is 0 Å². The molecule has 0 unspecified atom stereocenters. The van der Waals surface area contributed by atoms with E-state index < -0.39 is 0 Å². The minimum Gasteiger partial charge on any atom is -0.349 e. The Morgan fingerprint density at radius 3 is 2.74 bits per heavy atom. The molecule has 1 aliphatic carbocycles. The Bertz CT molecular complexity index is 678. The molecule has 1 heterocycles. The van der Waals surface area contributed by atoms with E-state index in [0.717, 1.165) is 18.5 Å². The summed E-state index contributed by atoms with van der Waals surface area (Å²) >= 11 is 0. The van der Waals surface area contributed by atoms with Gasteiger partial charge in [-0.2, -0.15) is 0 Å². The zero-order chi connectivity index (χ0) is 16.1. The zero-order valence-corrected chi connectivity index (χ0v) is 13.5. The Labute approximate surface area is 137 Å². The average molecular weight is 309 g/mol. The number of pyridine rings is 1. The standard InChI is InChI=1S/C19H23N3O/c1-14-7-5-10-16(13-14)21-18-17(11-6-12-20-18)19(23)22-15-8-3-2-4-9-15/h5-7,10-13,15H,2-4,8-9H2,1H3,(H,20,21)(H,22,23). The summed E-state index contributed by atoms with van der Waals surface area (Å²) in [5.41, 5.74) is 2.70. The molecule has 1 aromatic carbocycles. The van der Waals surface area contributed by atoms with Crippen LogP contribution >= 0.6 is 0 Å². The molecule has 0 saturated heterocycles. The predicted octanol–water partition coefficient (Wildman–Crippen LogP) is 4.20. The van der Waals surface area contributed by atoms with Crippen LogP contribution in [0.5, 0.6) is 0 Å². The van der Waals surface area contributed by atoms with E-state index in [9.17, 15) is 4.79 Å². The third kappa shape index (κ3) is 4.09. The van der Waals surface area contributed by atoms with Gasteiger partial charge in [0.1, 0.15) is 5.82 Å². The number of benzene rings is 1. The van der Waals surface area contributed by atoms with Gasteiger partial charge in [-0.05, 0) is 49.6 Å². The Morgan fingerprint density at radius 1 is 1.13 bits per heavy atom. The van der Waals surface area contributed by atoms with Crippen molar-refractivity contribution in [3.05, 3.63) is 53.7 Å². The smallest absolute Gasteiger partial charge is 0.255 e. The molecule has 2 aromatic rings. The lowest BCUT2D eigenvalue weighted by molar-refractivity contribution is 0.0928. The van der Waals surface area contributed by atoms with Gasteiger partial charge < -0.3 is 10.6 Å². The second kappa shape index (κ2) is 7.27. The van der Waals surface area contributed by atoms with E-state index in [-0.39, 0.29) is 5.91 Å². The van der Waals surface area contributed by atoms with Gasteiger partial charge in [0.15, 0.2) is 0 Å². The molecule has 3 rings (SSSR count). The third-order valence-corrected chi connectivity index (χ3v) is 4.27. The maximum absolute atomic E-state index is 12.6. The summed E-state index contributed by atoms with van der Waals surface area (Å²) in [5.74, 6) is 0.562. The molecule has 0 spiro atoms. The molecule has 1 amide bonds. The first-order chi connectivity index (χ1) is 11.2. The SMILES string of the molecule is Cc1cccc(Nc2ncccc2C(=O)NC2CCCCC2)c1. The van der Waals surface area contributed by atoms with Gasteiger partial charge in [0.25, 0.3) is 5.91 Å². The fraction of sp³-hybridized carbons (Fsp3) is 0.368. The third-order valence-electron chi connectivity index (χ3n) is 4.27. The summed E-state index contributed by atoms with van der Waals surface area (Å²) in [6, 6.07) is 12.0. The monoisotopic (exact) mass is 309 g/mol. The molecule has 1 aromatic heterocycles. The van der Waals surface area contributed by atoms with Gasteiger partial charge in [0.2, 0.25) is 0 Å². The van der Waals surface area contributed by atoms with Gasteiger partial charge in [-0.25, -0.2) is 4.98 Å². The number of nitrogens with one attached hydrogen (secondary N) is 2. The van der Waals surface area contributed by atoms with Crippen molar-refractivity contribution in [3.8, 4) is 0 Å². The summed E-state index contributed by atoms with van der Waals surface area (Å²) in [4.78, 5) is 16.9. The summed E-state index contributed by atoms with van der Waals surface area (Å²) in [6.07, 6.45) is 7.53. The van der Waals surface area contributed by atoms with E-state index in [1.54, 1.807) is 12.3 Å². The Kier molecular flexibility index (Phi) is 4.91. The van der Waals surface area contributed by atoms with Gasteiger partial charge in [-0.3, -0.25) is 4.79 Å². The minimum absolute atomic E-state index is 0.0415. The molecule has 0 atom stereocenters. The van der Waals surface area contributed by atoms with Crippen LogP contribution in [0.1, 0.15) is 48.0 Å². The van der Waals surface area contributed by atoms with E-state index >= 15 is 0 Å². The van der Waals surface area contributed by atoms with Crippen molar-refractivity contribution in [3.63, 3.8) is 0 Å². The minimum atomic E-state index is -0.0415. The van der Waals surface area contributed by atoms with E-state index in [2.05, 4.69) is 15.6 Å². The van der Waals surface area contributed by atoms with Crippen LogP contribution in [0.2, 0.25) is 0 Å². The highest BCUT2D eigenvalue weighted by atomic mass is 16.1. The van der Waals surface area contributed by atoms with Crippen LogP contribution in [0.3, 0.4) is 0 Å². The predicted molar refractivity (Wildman–Crippen MR) is 93.0 cm³/mol. The Balaban J connectivity index is 1.75. The molecule has 0 aliphatic heterocycles. The normalized spacial score (nSPS) is 15.2. The molecule has 23 heavy (non-hydrogen) atoms. The number of hydrogen-bond donors (Lipinski definition) is 2. The number of rotatable bonds is 4. The molecule has 4 heteroatoms. The van der Waals surface area contributed by atoms with E-state index in [1.807, 2.05) is 37.3 Å². The number of carbonyl (C=O) groups excluding carboxylic acids is 1. The molecular weight excluding hydrogens is 286 g/mol. The van der Waals surface area contributed by atoms with Gasteiger partial charge in [0, 0.05) is 17.9 Å². The van der Waals surface area contributed by atoms with E-state index in [1.165, 1.54) is 24.8 Å². The van der Waals surface area contributed by atoms with E-state index in [4.69, 9.17) is 0 Å². The molecule has 1 aliphatic rings. The summed E-state index contributed by atoms with van der Waals surface area (Å²) in [7, 11) is 0. The van der Waals surface area contributed by atoms with Crippen LogP contribution in [0.4, 0.5) is 11.5 Å². The fourth-order valence-corrected chi connectivity index (χ4v) is 3.06. The van der Waals surface area contributed by atoms with Crippen molar-refractivity contribution < 1.29 is 4.79 Å². The number of anilines is 2. The van der Waals surface area contributed by atoms with Crippen molar-refractivity contribution in [1.29, 1.82) is 0 Å². The highest BCUT2D eigenvalue weighted by Gasteiger charge is 2.19. The molecule has 1 fully saturated rings. The maximum Gasteiger partial charge on any atom is 0.255 e. The van der Waals surface area contributed by atoms with Crippen LogP contribution < -0.4 is 10.6 Å². The fourth-order valence-electron chi connectivity index (χ4n) is 3.06. The van der Waals surface area contributed by atoms with Crippen molar-refractivity contribution >= 4 is 17.4 Å². The first-order valence-corrected chi connectivity index (χ1v) is 8.32. The van der Waals surface area contributed by atoms with Gasteiger partial charge >= 0.3 is 0 Å². The molecule has 1 saturated carbocycles. The lowest BCUT2D eigenvalue weighted by Crippen LogP contribution is -2.36. The van der Waals surface area contributed by atoms with Crippen molar-refractivity contribution in [2.45, 2.75) is 45.1 Å². The topological polar surface area (TPSA) is 54.0 Å². The highest BCUT2D eigenvalue weighted by molar-refractivity contribution is 5.99. The first-order valence-electron chi connectivity index (χ1n) is 8.32. The first kappa shape index (κ1) is 15.5. The maximum atomic E-state index is 12.6. The lowest BCUT2D eigenvalue weighted by Gasteiger charge is -2.23. The van der Waals surface area contributed by atoms with Crippen molar-refractivity contribution in [2.75, 3.05) is 5.32 Å². The van der Waals surface area contributed by atoms with Gasteiger partial charge in [-0.15, -0.1) is 0 Å². The molecule has 0 bridgehead atoms. The average Bonchev–Trinajstić information content (AvgIpc) is 2.56. The molecular formula is C19H23N3O. The second-order valence-corrected chi connectivity index (χ2v) is 6.20. The van der Waals surface area contributed by atoms with Crippen LogP contribution in [-0.2, 0) is 0 Å². The highest BCUT2D eigenvalue weighted by Crippen LogP contribution is 2.21. The van der Waals surface area contributed by atoms with Crippen molar-refractivity contribution in [2.24, 2.45) is 0 Å².